The minimum atomic E-state index is -3.90. The summed E-state index contributed by atoms with van der Waals surface area (Å²) in [6, 6.07) is 4.48. The molecule has 0 saturated heterocycles. The summed E-state index contributed by atoms with van der Waals surface area (Å²) in [6.45, 7) is -0.340. The molecule has 0 aliphatic carbocycles. The van der Waals surface area contributed by atoms with Crippen molar-refractivity contribution >= 4 is 27.6 Å². The normalized spacial score (nSPS) is 13.1. The molecule has 0 fully saturated rings. The molecule has 1 unspecified atom stereocenters. The number of carbonyl (C=O) groups excluding carboxylic acids is 1. The lowest BCUT2D eigenvalue weighted by molar-refractivity contribution is -0.140. The summed E-state index contributed by atoms with van der Waals surface area (Å²) < 4.78 is 42.7. The van der Waals surface area contributed by atoms with Crippen molar-refractivity contribution in [2.45, 2.75) is 10.3 Å². The predicted molar refractivity (Wildman–Crippen MR) is 63.2 cm³/mol. The second kappa shape index (κ2) is 6.12. The van der Waals surface area contributed by atoms with Crippen molar-refractivity contribution in [2.75, 3.05) is 13.7 Å². The Morgan fingerprint density at radius 1 is 1.56 bits per heavy atom. The van der Waals surface area contributed by atoms with Crippen molar-refractivity contribution in [2.24, 2.45) is 0 Å². The topological polar surface area (TPSA) is 72.5 Å². The van der Waals surface area contributed by atoms with E-state index in [1.165, 1.54) is 12.1 Å². The van der Waals surface area contributed by atoms with Crippen molar-refractivity contribution in [3.63, 3.8) is 0 Å². The Bertz CT molecular complexity index is 534. The van der Waals surface area contributed by atoms with Gasteiger partial charge in [0, 0.05) is 6.54 Å². The Morgan fingerprint density at radius 2 is 2.22 bits per heavy atom. The third-order valence-corrected chi connectivity index (χ3v) is 3.77. The van der Waals surface area contributed by atoms with E-state index in [0.717, 1.165) is 19.2 Å². The van der Waals surface area contributed by atoms with Crippen molar-refractivity contribution in [3.8, 4) is 0 Å². The van der Waals surface area contributed by atoms with Crippen LogP contribution in [0, 0.1) is 5.82 Å². The van der Waals surface area contributed by atoms with Gasteiger partial charge in [0.2, 0.25) is 10.0 Å². The van der Waals surface area contributed by atoms with Gasteiger partial charge in [0.1, 0.15) is 11.2 Å². The summed E-state index contributed by atoms with van der Waals surface area (Å²) in [5, 5.41) is -1.14. The van der Waals surface area contributed by atoms with Crippen LogP contribution in [0.5, 0.6) is 0 Å². The molecule has 5 nitrogen and oxygen atoms in total. The monoisotopic (exact) mass is 295 g/mol. The Hall–Kier alpha value is -1.18. The van der Waals surface area contributed by atoms with E-state index in [1.54, 1.807) is 0 Å². The molecule has 1 aromatic rings. The average molecular weight is 296 g/mol. The highest BCUT2D eigenvalue weighted by Crippen LogP contribution is 2.10. The van der Waals surface area contributed by atoms with Gasteiger partial charge in [-0.2, -0.15) is 0 Å². The lowest BCUT2D eigenvalue weighted by Gasteiger charge is -2.09. The first kappa shape index (κ1) is 14.9. The zero-order valence-corrected chi connectivity index (χ0v) is 11.0. The number of rotatable bonds is 5. The van der Waals surface area contributed by atoms with Crippen LogP contribution in [-0.4, -0.2) is 33.4 Å². The van der Waals surface area contributed by atoms with E-state index >= 15 is 0 Å². The van der Waals surface area contributed by atoms with Crippen molar-refractivity contribution < 1.29 is 22.3 Å². The van der Waals surface area contributed by atoms with Crippen molar-refractivity contribution in [1.29, 1.82) is 0 Å². The Kier molecular flexibility index (Phi) is 5.06. The molecule has 100 valence electrons. The standard InChI is InChI=1S/C10H11ClFNO4S/c1-17-10(14)9(11)6-13-18(15,16)8-4-2-3-7(12)5-8/h2-5,9,13H,6H2,1H3. The maximum absolute atomic E-state index is 12.9. The molecule has 0 amide bonds. The van der Waals surface area contributed by atoms with E-state index in [4.69, 9.17) is 11.6 Å². The summed E-state index contributed by atoms with van der Waals surface area (Å²) in [7, 11) is -2.76. The van der Waals surface area contributed by atoms with E-state index < -0.39 is 27.2 Å². The quantitative estimate of drug-likeness (QED) is 0.647. The first-order valence-electron chi connectivity index (χ1n) is 4.84. The van der Waals surface area contributed by atoms with Gasteiger partial charge in [-0.05, 0) is 18.2 Å². The van der Waals surface area contributed by atoms with E-state index in [1.807, 2.05) is 0 Å². The fourth-order valence-corrected chi connectivity index (χ4v) is 2.45. The average Bonchev–Trinajstić information content (AvgIpc) is 2.35. The number of halogens is 2. The minimum Gasteiger partial charge on any atom is -0.468 e. The molecule has 8 heteroatoms. The summed E-state index contributed by atoms with van der Waals surface area (Å²) in [5.41, 5.74) is 0. The number of methoxy groups -OCH3 is 1. The van der Waals surface area contributed by atoms with Gasteiger partial charge in [-0.25, -0.2) is 17.5 Å². The van der Waals surface area contributed by atoms with Crippen LogP contribution in [0.25, 0.3) is 0 Å². The van der Waals surface area contributed by atoms with E-state index in [-0.39, 0.29) is 11.4 Å². The third-order valence-electron chi connectivity index (χ3n) is 2.02. The molecule has 0 aromatic heterocycles. The molecule has 1 atom stereocenters. The highest BCUT2D eigenvalue weighted by molar-refractivity contribution is 7.89. The highest BCUT2D eigenvalue weighted by atomic mass is 35.5. The molecule has 0 spiro atoms. The lowest BCUT2D eigenvalue weighted by atomic mass is 10.4. The lowest BCUT2D eigenvalue weighted by Crippen LogP contribution is -2.34. The molecule has 1 aromatic carbocycles. The summed E-state index contributed by atoms with van der Waals surface area (Å²) in [6.07, 6.45) is 0. The van der Waals surface area contributed by atoms with E-state index in [9.17, 15) is 17.6 Å². The highest BCUT2D eigenvalue weighted by Gasteiger charge is 2.20. The second-order valence-electron chi connectivity index (χ2n) is 3.30. The SMILES string of the molecule is COC(=O)C(Cl)CNS(=O)(=O)c1cccc(F)c1. The van der Waals surface area contributed by atoms with Gasteiger partial charge < -0.3 is 4.74 Å². The Morgan fingerprint density at radius 3 is 2.78 bits per heavy atom. The number of nitrogens with one attached hydrogen (secondary N) is 1. The summed E-state index contributed by atoms with van der Waals surface area (Å²) in [4.78, 5) is 10.7. The van der Waals surface area contributed by atoms with Crippen molar-refractivity contribution in [3.05, 3.63) is 30.1 Å². The predicted octanol–water partition coefficient (Wildman–Crippen LogP) is 0.884. The van der Waals surface area contributed by atoms with Crippen LogP contribution in [0.1, 0.15) is 0 Å². The van der Waals surface area contributed by atoms with Gasteiger partial charge in [-0.1, -0.05) is 6.07 Å². The number of alkyl halides is 1. The molecule has 0 radical (unpaired) electrons. The Labute approximate surface area is 109 Å². The number of ether oxygens (including phenoxy) is 1. The zero-order chi connectivity index (χ0) is 13.8. The number of esters is 1. The first-order valence-corrected chi connectivity index (χ1v) is 6.76. The molecule has 0 saturated carbocycles. The fraction of sp³-hybridized carbons (Fsp3) is 0.300. The molecular weight excluding hydrogens is 285 g/mol. The fourth-order valence-electron chi connectivity index (χ4n) is 1.11. The van der Waals surface area contributed by atoms with Crippen molar-refractivity contribution in [1.82, 2.24) is 4.72 Å². The van der Waals surface area contributed by atoms with Gasteiger partial charge in [0.05, 0.1) is 12.0 Å². The Balaban J connectivity index is 2.75. The molecule has 0 aliphatic rings. The molecule has 0 bridgehead atoms. The molecule has 18 heavy (non-hydrogen) atoms. The summed E-state index contributed by atoms with van der Waals surface area (Å²) >= 11 is 5.58. The van der Waals surface area contributed by atoms with Crippen LogP contribution in [0.3, 0.4) is 0 Å². The minimum absolute atomic E-state index is 0.240. The summed E-state index contributed by atoms with van der Waals surface area (Å²) in [5.74, 6) is -1.42. The molecule has 1 rings (SSSR count). The van der Waals surface area contributed by atoms with E-state index in [0.29, 0.717) is 0 Å². The molecule has 0 heterocycles. The van der Waals surface area contributed by atoms with Crippen LogP contribution in [0.2, 0.25) is 0 Å². The smallest absolute Gasteiger partial charge is 0.325 e. The number of carbonyl (C=O) groups is 1. The molecular formula is C10H11ClFNO4S. The van der Waals surface area contributed by atoms with Gasteiger partial charge in [-0.3, -0.25) is 4.79 Å². The number of sulfonamides is 1. The maximum Gasteiger partial charge on any atom is 0.325 e. The van der Waals surface area contributed by atoms with Crippen LogP contribution in [-0.2, 0) is 19.6 Å². The zero-order valence-electron chi connectivity index (χ0n) is 9.39. The number of hydrogen-bond acceptors (Lipinski definition) is 4. The maximum atomic E-state index is 12.9. The van der Waals surface area contributed by atoms with Gasteiger partial charge in [0.15, 0.2) is 0 Å². The first-order chi connectivity index (χ1) is 8.36. The largest absolute Gasteiger partial charge is 0.468 e. The second-order valence-corrected chi connectivity index (χ2v) is 5.59. The third kappa shape index (κ3) is 3.94. The number of benzene rings is 1. The van der Waals surface area contributed by atoms with E-state index in [2.05, 4.69) is 9.46 Å². The number of hydrogen-bond donors (Lipinski definition) is 1. The van der Waals surface area contributed by atoms with Gasteiger partial charge >= 0.3 is 5.97 Å². The molecule has 0 aliphatic heterocycles. The van der Waals surface area contributed by atoms with Crippen LogP contribution in [0.4, 0.5) is 4.39 Å². The van der Waals surface area contributed by atoms with Crippen LogP contribution in [0.15, 0.2) is 29.2 Å². The van der Waals surface area contributed by atoms with Crippen LogP contribution >= 0.6 is 11.6 Å². The molecule has 1 N–H and O–H groups in total. The van der Waals surface area contributed by atoms with Gasteiger partial charge in [-0.15, -0.1) is 11.6 Å². The van der Waals surface area contributed by atoms with Gasteiger partial charge in [0.25, 0.3) is 0 Å². The van der Waals surface area contributed by atoms with Crippen LogP contribution < -0.4 is 4.72 Å².